The van der Waals surface area contributed by atoms with E-state index in [1.54, 1.807) is 0 Å². The average molecular weight is 241 g/mol. The first-order chi connectivity index (χ1) is 8.26. The van der Waals surface area contributed by atoms with E-state index in [9.17, 15) is 0 Å². The van der Waals surface area contributed by atoms with Crippen molar-refractivity contribution < 1.29 is 4.74 Å². The summed E-state index contributed by atoms with van der Waals surface area (Å²) < 4.78 is 5.86. The van der Waals surface area contributed by atoms with Gasteiger partial charge in [0.25, 0.3) is 0 Å². The van der Waals surface area contributed by atoms with Crippen molar-refractivity contribution in [1.29, 1.82) is 0 Å². The Bertz CT molecular complexity index is 178. The molecule has 17 heavy (non-hydrogen) atoms. The van der Waals surface area contributed by atoms with Crippen LogP contribution < -0.4 is 5.32 Å². The van der Waals surface area contributed by atoms with Gasteiger partial charge in [-0.25, -0.2) is 0 Å². The highest BCUT2D eigenvalue weighted by Crippen LogP contribution is 2.21. The molecule has 3 unspecified atom stereocenters. The fraction of sp³-hybridized carbons (Fsp3) is 1.00. The summed E-state index contributed by atoms with van der Waals surface area (Å²) in [6.07, 6.45) is 9.57. The van der Waals surface area contributed by atoms with Crippen LogP contribution in [0.1, 0.15) is 65.7 Å². The first-order valence-electron chi connectivity index (χ1n) is 7.61. The van der Waals surface area contributed by atoms with Crippen LogP contribution in [0.3, 0.4) is 0 Å². The molecule has 0 spiro atoms. The molecule has 1 aliphatic heterocycles. The Labute approximate surface area is 108 Å². The third-order valence-corrected chi connectivity index (χ3v) is 3.78. The molecular formula is C15H31NO. The average Bonchev–Trinajstić information content (AvgIpc) is 2.31. The highest BCUT2D eigenvalue weighted by molar-refractivity contribution is 4.76. The molecule has 102 valence electrons. The third kappa shape index (κ3) is 6.42. The van der Waals surface area contributed by atoms with E-state index < -0.39 is 0 Å². The third-order valence-electron chi connectivity index (χ3n) is 3.78. The molecule has 1 heterocycles. The molecule has 1 rings (SSSR count). The number of rotatable bonds is 8. The minimum atomic E-state index is 0.515. The summed E-state index contributed by atoms with van der Waals surface area (Å²) in [6, 6.07) is 0.657. The molecule has 0 aromatic carbocycles. The van der Waals surface area contributed by atoms with Gasteiger partial charge in [-0.15, -0.1) is 0 Å². The summed E-state index contributed by atoms with van der Waals surface area (Å²) in [4.78, 5) is 0. The molecule has 2 nitrogen and oxygen atoms in total. The smallest absolute Gasteiger partial charge is 0.0590 e. The van der Waals surface area contributed by atoms with Gasteiger partial charge in [-0.05, 0) is 44.6 Å². The molecule has 2 heteroatoms. The first-order valence-corrected chi connectivity index (χ1v) is 7.61. The van der Waals surface area contributed by atoms with Crippen LogP contribution in [0, 0.1) is 5.92 Å². The summed E-state index contributed by atoms with van der Waals surface area (Å²) in [7, 11) is 0. The van der Waals surface area contributed by atoms with Crippen LogP contribution in [-0.2, 0) is 4.74 Å². The lowest BCUT2D eigenvalue weighted by Gasteiger charge is -2.29. The summed E-state index contributed by atoms with van der Waals surface area (Å²) in [5, 5.41) is 3.64. The monoisotopic (exact) mass is 241 g/mol. The zero-order chi connectivity index (χ0) is 12.5. The zero-order valence-corrected chi connectivity index (χ0v) is 12.0. The van der Waals surface area contributed by atoms with Crippen LogP contribution in [0.15, 0.2) is 0 Å². The molecule has 1 saturated heterocycles. The lowest BCUT2D eigenvalue weighted by Crippen LogP contribution is -2.36. The maximum atomic E-state index is 5.86. The van der Waals surface area contributed by atoms with Gasteiger partial charge < -0.3 is 10.1 Å². The van der Waals surface area contributed by atoms with Crippen molar-refractivity contribution in [3.05, 3.63) is 0 Å². The van der Waals surface area contributed by atoms with E-state index in [0.717, 1.165) is 19.1 Å². The van der Waals surface area contributed by atoms with Crippen molar-refractivity contribution in [2.45, 2.75) is 77.9 Å². The molecule has 1 aliphatic rings. The Morgan fingerprint density at radius 2 is 2.12 bits per heavy atom. The van der Waals surface area contributed by atoms with E-state index in [2.05, 4.69) is 26.1 Å². The molecule has 1 fully saturated rings. The standard InChI is InChI=1S/C15H31NO/c1-4-8-13(3)11-14(16-5-2)12-15-9-6-7-10-17-15/h13-16H,4-12H2,1-3H3. The normalized spacial score (nSPS) is 24.5. The van der Waals surface area contributed by atoms with Crippen molar-refractivity contribution >= 4 is 0 Å². The van der Waals surface area contributed by atoms with E-state index in [-0.39, 0.29) is 0 Å². The van der Waals surface area contributed by atoms with Gasteiger partial charge in [-0.3, -0.25) is 0 Å². The van der Waals surface area contributed by atoms with E-state index >= 15 is 0 Å². The molecule has 0 saturated carbocycles. The van der Waals surface area contributed by atoms with Gasteiger partial charge in [0.1, 0.15) is 0 Å². The van der Waals surface area contributed by atoms with Crippen LogP contribution in [-0.4, -0.2) is 25.3 Å². The second-order valence-corrected chi connectivity index (χ2v) is 5.61. The number of hydrogen-bond donors (Lipinski definition) is 1. The quantitative estimate of drug-likeness (QED) is 0.699. The van der Waals surface area contributed by atoms with Crippen molar-refractivity contribution in [2.24, 2.45) is 5.92 Å². The van der Waals surface area contributed by atoms with Crippen LogP contribution in [0.5, 0.6) is 0 Å². The predicted molar refractivity (Wildman–Crippen MR) is 74.4 cm³/mol. The van der Waals surface area contributed by atoms with Crippen molar-refractivity contribution in [2.75, 3.05) is 13.2 Å². The summed E-state index contributed by atoms with van der Waals surface area (Å²) in [5.41, 5.74) is 0. The fourth-order valence-electron chi connectivity index (χ4n) is 2.96. The predicted octanol–water partition coefficient (Wildman–Crippen LogP) is 3.75. The van der Waals surface area contributed by atoms with Crippen LogP contribution in [0.25, 0.3) is 0 Å². The van der Waals surface area contributed by atoms with E-state index in [1.165, 1.54) is 44.9 Å². The molecule has 0 amide bonds. The van der Waals surface area contributed by atoms with Gasteiger partial charge in [-0.2, -0.15) is 0 Å². The molecule has 0 aromatic rings. The highest BCUT2D eigenvalue weighted by Gasteiger charge is 2.20. The second kappa shape index (κ2) is 8.93. The summed E-state index contributed by atoms with van der Waals surface area (Å²) in [6.45, 7) is 8.93. The van der Waals surface area contributed by atoms with Crippen molar-refractivity contribution in [3.63, 3.8) is 0 Å². The molecular weight excluding hydrogens is 210 g/mol. The van der Waals surface area contributed by atoms with Gasteiger partial charge in [0.2, 0.25) is 0 Å². The maximum absolute atomic E-state index is 5.86. The van der Waals surface area contributed by atoms with E-state index in [1.807, 2.05) is 0 Å². The molecule has 0 aliphatic carbocycles. The largest absolute Gasteiger partial charge is 0.378 e. The first kappa shape index (κ1) is 15.0. The SMILES string of the molecule is CCCC(C)CC(CC1CCCCO1)NCC. The fourth-order valence-corrected chi connectivity index (χ4v) is 2.96. The maximum Gasteiger partial charge on any atom is 0.0590 e. The minimum absolute atomic E-state index is 0.515. The number of hydrogen-bond acceptors (Lipinski definition) is 2. The van der Waals surface area contributed by atoms with Crippen LogP contribution >= 0.6 is 0 Å². The minimum Gasteiger partial charge on any atom is -0.378 e. The van der Waals surface area contributed by atoms with Gasteiger partial charge in [0.05, 0.1) is 6.10 Å². The van der Waals surface area contributed by atoms with Crippen LogP contribution in [0.4, 0.5) is 0 Å². The topological polar surface area (TPSA) is 21.3 Å². The van der Waals surface area contributed by atoms with Gasteiger partial charge in [-0.1, -0.05) is 33.6 Å². The van der Waals surface area contributed by atoms with Crippen molar-refractivity contribution in [3.8, 4) is 0 Å². The molecule has 0 radical (unpaired) electrons. The number of nitrogens with one attached hydrogen (secondary N) is 1. The van der Waals surface area contributed by atoms with Crippen molar-refractivity contribution in [1.82, 2.24) is 5.32 Å². The Morgan fingerprint density at radius 3 is 2.71 bits per heavy atom. The van der Waals surface area contributed by atoms with Crippen LogP contribution in [0.2, 0.25) is 0 Å². The Balaban J connectivity index is 2.30. The van der Waals surface area contributed by atoms with E-state index in [4.69, 9.17) is 4.74 Å². The van der Waals surface area contributed by atoms with Gasteiger partial charge in [0, 0.05) is 12.6 Å². The lowest BCUT2D eigenvalue weighted by molar-refractivity contribution is 0.00390. The Hall–Kier alpha value is -0.0800. The molecule has 3 atom stereocenters. The van der Waals surface area contributed by atoms with Gasteiger partial charge in [0.15, 0.2) is 0 Å². The summed E-state index contributed by atoms with van der Waals surface area (Å²) >= 11 is 0. The summed E-state index contributed by atoms with van der Waals surface area (Å²) in [5.74, 6) is 0.840. The van der Waals surface area contributed by atoms with Gasteiger partial charge >= 0.3 is 0 Å². The molecule has 0 aromatic heterocycles. The van der Waals surface area contributed by atoms with E-state index in [0.29, 0.717) is 12.1 Å². The molecule has 1 N–H and O–H groups in total. The number of ether oxygens (including phenoxy) is 1. The Morgan fingerprint density at radius 1 is 1.29 bits per heavy atom. The second-order valence-electron chi connectivity index (χ2n) is 5.61. The molecule has 0 bridgehead atoms. The Kier molecular flexibility index (Phi) is 7.87. The zero-order valence-electron chi connectivity index (χ0n) is 12.0. The highest BCUT2D eigenvalue weighted by atomic mass is 16.5. The lowest BCUT2D eigenvalue weighted by atomic mass is 9.92.